The van der Waals surface area contributed by atoms with Gasteiger partial charge in [0, 0.05) is 19.6 Å². The topological polar surface area (TPSA) is 0 Å². The molecule has 0 saturated carbocycles. The fourth-order valence-electron chi connectivity index (χ4n) is 3.87. The van der Waals surface area contributed by atoms with Crippen LogP contribution in [0.4, 0.5) is 0 Å². The number of rotatable bonds is 0. The van der Waals surface area contributed by atoms with Crippen LogP contribution in [0.2, 0.25) is 23.1 Å². The van der Waals surface area contributed by atoms with Crippen LogP contribution >= 0.6 is 40.2 Å². The van der Waals surface area contributed by atoms with Crippen molar-refractivity contribution in [3.63, 3.8) is 0 Å². The van der Waals surface area contributed by atoms with Crippen molar-refractivity contribution in [1.29, 1.82) is 0 Å². The van der Waals surface area contributed by atoms with E-state index in [9.17, 15) is 0 Å². The van der Waals surface area contributed by atoms with Gasteiger partial charge in [-0.25, -0.2) is 0 Å². The first kappa shape index (κ1) is 27.5. The second-order valence-electron chi connectivity index (χ2n) is 7.50. The van der Waals surface area contributed by atoms with Gasteiger partial charge < -0.3 is 0 Å². The number of halogens is 4. The molecule has 0 nitrogen and oxygen atoms in total. The predicted octanol–water partition coefficient (Wildman–Crippen LogP) is 10.9. The molecular weight excluding hydrogens is 597 g/mol. The molecule has 0 saturated heterocycles. The Morgan fingerprint density at radius 1 is 0.559 bits per heavy atom. The fraction of sp³-hybridized carbons (Fsp3) is 0.0714. The van der Waals surface area contributed by atoms with Gasteiger partial charge in [0.1, 0.15) is 0 Å². The van der Waals surface area contributed by atoms with Crippen LogP contribution in [-0.2, 0) is 20.8 Å². The summed E-state index contributed by atoms with van der Waals surface area (Å²) in [7, 11) is 11.0. The normalized spacial score (nSPS) is 10.1. The van der Waals surface area contributed by atoms with Gasteiger partial charge in [0.05, 0.1) is 0 Å². The number of benzene rings is 4. The van der Waals surface area contributed by atoms with E-state index in [1.807, 2.05) is 24.3 Å². The first-order chi connectivity index (χ1) is 16.5. The third kappa shape index (κ3) is 6.97. The van der Waals surface area contributed by atoms with Crippen molar-refractivity contribution in [3.8, 4) is 0 Å². The minimum atomic E-state index is -0.826. The third-order valence-electron chi connectivity index (χ3n) is 5.15. The van der Waals surface area contributed by atoms with Crippen molar-refractivity contribution in [2.75, 3.05) is 0 Å². The molecule has 34 heavy (non-hydrogen) atoms. The van der Waals surface area contributed by atoms with Crippen molar-refractivity contribution in [2.45, 2.75) is 13.1 Å². The van der Waals surface area contributed by atoms with Crippen molar-refractivity contribution >= 4 is 92.8 Å². The van der Waals surface area contributed by atoms with Gasteiger partial charge >= 0.3 is 37.9 Å². The summed E-state index contributed by atoms with van der Waals surface area (Å²) >= 11 is 11.1. The molecule has 0 aliphatic rings. The molecule has 6 aromatic carbocycles. The van der Waals surface area contributed by atoms with Gasteiger partial charge in [0.2, 0.25) is 0 Å². The molecular formula is C28H22Cl4SiZr. The predicted molar refractivity (Wildman–Crippen MR) is 153 cm³/mol. The van der Waals surface area contributed by atoms with Crippen LogP contribution < -0.4 is 0 Å². The molecule has 170 valence electrons. The summed E-state index contributed by atoms with van der Waals surface area (Å²) < 4.78 is 0. The van der Waals surface area contributed by atoms with E-state index in [0.29, 0.717) is 0 Å². The van der Waals surface area contributed by atoms with Gasteiger partial charge in [0.25, 0.3) is 0 Å². The molecule has 0 aliphatic heterocycles. The molecule has 0 aromatic heterocycles. The van der Waals surface area contributed by atoms with Gasteiger partial charge in [-0.3, -0.25) is 0 Å². The standard InChI is InChI=1S/2C13H8Cl.C2H6Si.2ClH.Zr/c2*14-11-5-6-13-10(8-11)7-9-3-1-2-4-12(9)13;1-3-2;;;/h2*1-8H;1-2H3;2*1H;/q2*-1;;;;+4/p-2. The summed E-state index contributed by atoms with van der Waals surface area (Å²) in [4.78, 5) is 0. The Kier molecular flexibility index (Phi) is 11.2. The van der Waals surface area contributed by atoms with Gasteiger partial charge in [-0.15, -0.1) is 79.5 Å². The SMILES string of the molecule is C[Si]C.Clc1ccc2c(c1)[cH-]c1ccccc12.Clc1ccc2c(c1)[cH-]c1ccccc12.[Cl][Zr+2][Cl]. The second kappa shape index (κ2) is 13.8. The Labute approximate surface area is 232 Å². The first-order valence-corrected chi connectivity index (χ1v) is 19.6. The van der Waals surface area contributed by atoms with Crippen LogP contribution in [-0.4, -0.2) is 9.52 Å². The molecule has 0 N–H and O–H groups in total. The molecule has 6 heteroatoms. The van der Waals surface area contributed by atoms with Gasteiger partial charge in [-0.05, 0) is 0 Å². The van der Waals surface area contributed by atoms with Crippen LogP contribution in [0.25, 0.3) is 43.1 Å². The van der Waals surface area contributed by atoms with Gasteiger partial charge in [0.15, 0.2) is 0 Å². The quantitative estimate of drug-likeness (QED) is 0.117. The average molecular weight is 620 g/mol. The maximum absolute atomic E-state index is 5.95. The van der Waals surface area contributed by atoms with E-state index in [1.165, 1.54) is 43.1 Å². The Balaban J connectivity index is 0.000000156. The molecule has 0 spiro atoms. The molecule has 0 unspecified atom stereocenters. The first-order valence-electron chi connectivity index (χ1n) is 10.5. The van der Waals surface area contributed by atoms with E-state index in [2.05, 4.69) is 85.9 Å². The Morgan fingerprint density at radius 2 is 0.882 bits per heavy atom. The summed E-state index contributed by atoms with van der Waals surface area (Å²) in [6.07, 6.45) is 0. The molecule has 6 rings (SSSR count). The van der Waals surface area contributed by atoms with Crippen molar-refractivity contribution in [2.24, 2.45) is 0 Å². The van der Waals surface area contributed by atoms with Gasteiger partial charge in [-0.2, -0.15) is 0 Å². The monoisotopic (exact) mass is 616 g/mol. The van der Waals surface area contributed by atoms with Crippen LogP contribution in [0.1, 0.15) is 0 Å². The Morgan fingerprint density at radius 3 is 1.26 bits per heavy atom. The maximum atomic E-state index is 5.95. The zero-order valence-corrected chi connectivity index (χ0v) is 25.2. The summed E-state index contributed by atoms with van der Waals surface area (Å²) in [5.41, 5.74) is 0. The van der Waals surface area contributed by atoms with Crippen LogP contribution in [0, 0.1) is 0 Å². The minimum absolute atomic E-state index is 0.799. The Bertz CT molecular complexity index is 1370. The van der Waals surface area contributed by atoms with E-state index >= 15 is 0 Å². The second-order valence-corrected chi connectivity index (χ2v) is 13.1. The Hall–Kier alpha value is -1.12. The summed E-state index contributed by atoms with van der Waals surface area (Å²) in [5.74, 6) is 0. The van der Waals surface area contributed by atoms with Crippen molar-refractivity contribution in [1.82, 2.24) is 0 Å². The third-order valence-corrected chi connectivity index (χ3v) is 5.62. The molecule has 0 fully saturated rings. The molecule has 6 aromatic rings. The van der Waals surface area contributed by atoms with E-state index in [4.69, 9.17) is 40.2 Å². The summed E-state index contributed by atoms with van der Waals surface area (Å²) in [6, 6.07) is 33.2. The van der Waals surface area contributed by atoms with Crippen LogP contribution in [0.5, 0.6) is 0 Å². The summed E-state index contributed by atoms with van der Waals surface area (Å²) in [5, 5.41) is 11.8. The van der Waals surface area contributed by atoms with E-state index < -0.39 is 20.8 Å². The van der Waals surface area contributed by atoms with E-state index in [0.717, 1.165) is 19.6 Å². The molecule has 2 radical (unpaired) electrons. The van der Waals surface area contributed by atoms with Crippen LogP contribution in [0.15, 0.2) is 97.1 Å². The van der Waals surface area contributed by atoms with Crippen molar-refractivity contribution < 1.29 is 20.8 Å². The zero-order chi connectivity index (χ0) is 24.5. The van der Waals surface area contributed by atoms with Crippen LogP contribution in [0.3, 0.4) is 0 Å². The number of hydrogen-bond donors (Lipinski definition) is 0. The number of hydrogen-bond acceptors (Lipinski definition) is 0. The average Bonchev–Trinajstić information content (AvgIpc) is 3.37. The van der Waals surface area contributed by atoms with Crippen molar-refractivity contribution in [3.05, 3.63) is 107 Å². The molecule has 0 aliphatic carbocycles. The van der Waals surface area contributed by atoms with E-state index in [1.54, 1.807) is 0 Å². The van der Waals surface area contributed by atoms with Gasteiger partial charge in [-0.1, -0.05) is 97.0 Å². The fourth-order valence-corrected chi connectivity index (χ4v) is 4.23. The molecule has 0 heterocycles. The molecule has 0 atom stereocenters. The summed E-state index contributed by atoms with van der Waals surface area (Å²) in [6.45, 7) is 4.31. The zero-order valence-electron chi connectivity index (χ0n) is 18.7. The molecule has 0 amide bonds. The number of fused-ring (bicyclic) bond motifs is 6. The van der Waals surface area contributed by atoms with E-state index in [-0.39, 0.29) is 0 Å². The molecule has 0 bridgehead atoms.